The number of halogens is 1. The quantitative estimate of drug-likeness (QED) is 0.612. The van der Waals surface area contributed by atoms with E-state index in [9.17, 15) is 9.59 Å². The molecule has 31 heavy (non-hydrogen) atoms. The number of hydrogen-bond acceptors (Lipinski definition) is 5. The van der Waals surface area contributed by atoms with Gasteiger partial charge < -0.3 is 14.5 Å². The van der Waals surface area contributed by atoms with Gasteiger partial charge in [-0.3, -0.25) is 14.2 Å². The van der Waals surface area contributed by atoms with Crippen molar-refractivity contribution in [2.45, 2.75) is 6.54 Å². The van der Waals surface area contributed by atoms with Gasteiger partial charge in [-0.2, -0.15) is 0 Å². The fourth-order valence-corrected chi connectivity index (χ4v) is 3.78. The molecule has 0 spiro atoms. The Kier molecular flexibility index (Phi) is 6.23. The van der Waals surface area contributed by atoms with Crippen molar-refractivity contribution in [3.8, 4) is 17.0 Å². The zero-order valence-corrected chi connectivity index (χ0v) is 18.0. The molecule has 160 valence electrons. The molecule has 1 amide bonds. The van der Waals surface area contributed by atoms with Crippen molar-refractivity contribution in [2.75, 3.05) is 38.2 Å². The number of hydrogen-bond donors (Lipinski definition) is 0. The number of rotatable bonds is 5. The molecule has 2 aromatic carbocycles. The highest BCUT2D eigenvalue weighted by molar-refractivity contribution is 6.30. The Morgan fingerprint density at radius 2 is 1.81 bits per heavy atom. The van der Waals surface area contributed by atoms with Gasteiger partial charge in [0, 0.05) is 48.5 Å². The average Bonchev–Trinajstić information content (AvgIpc) is 2.80. The first-order chi connectivity index (χ1) is 15.0. The number of methoxy groups -OCH3 is 1. The predicted molar refractivity (Wildman–Crippen MR) is 121 cm³/mol. The smallest absolute Gasteiger partial charge is 0.254 e. The number of benzene rings is 2. The molecule has 1 aliphatic rings. The minimum absolute atomic E-state index is 0.0219. The molecule has 8 heteroatoms. The van der Waals surface area contributed by atoms with E-state index < -0.39 is 0 Å². The summed E-state index contributed by atoms with van der Waals surface area (Å²) in [6.07, 6.45) is 1.43. The monoisotopic (exact) mass is 438 g/mol. The Bertz CT molecular complexity index is 1120. The molecule has 0 radical (unpaired) electrons. The van der Waals surface area contributed by atoms with Crippen molar-refractivity contribution >= 4 is 23.2 Å². The molecular formula is C23H23ClN4O3. The standard InChI is InChI=1S/C23H23ClN4O3/c1-31-20-7-5-17(6-8-20)21-14-22(29)28(16-25-21)15-23(30)27-11-9-26(10-12-27)19-4-2-3-18(24)13-19/h2-8,13-14,16H,9-12,15H2,1H3. The lowest BCUT2D eigenvalue weighted by atomic mass is 10.1. The van der Waals surface area contributed by atoms with Crippen LogP contribution in [-0.2, 0) is 11.3 Å². The minimum Gasteiger partial charge on any atom is -0.497 e. The van der Waals surface area contributed by atoms with Crippen LogP contribution in [0, 0.1) is 0 Å². The molecule has 1 fully saturated rings. The van der Waals surface area contributed by atoms with Crippen molar-refractivity contribution < 1.29 is 9.53 Å². The lowest BCUT2D eigenvalue weighted by Gasteiger charge is -2.36. The molecule has 0 bridgehead atoms. The number of piperazine rings is 1. The third-order valence-electron chi connectivity index (χ3n) is 5.38. The molecular weight excluding hydrogens is 416 g/mol. The summed E-state index contributed by atoms with van der Waals surface area (Å²) < 4.78 is 6.49. The number of aromatic nitrogens is 2. The average molecular weight is 439 g/mol. The molecule has 0 unspecified atom stereocenters. The molecule has 0 saturated carbocycles. The fourth-order valence-electron chi connectivity index (χ4n) is 3.60. The summed E-state index contributed by atoms with van der Waals surface area (Å²) in [5.74, 6) is 0.644. The fraction of sp³-hybridized carbons (Fsp3) is 0.261. The second-order valence-electron chi connectivity index (χ2n) is 7.32. The number of carbonyl (C=O) groups excluding carboxylic acids is 1. The first-order valence-corrected chi connectivity index (χ1v) is 10.4. The van der Waals surface area contributed by atoms with Crippen molar-refractivity contribution in [3.05, 3.63) is 76.3 Å². The first kappa shape index (κ1) is 20.9. The molecule has 0 N–H and O–H groups in total. The number of carbonyl (C=O) groups is 1. The van der Waals surface area contributed by atoms with E-state index in [4.69, 9.17) is 16.3 Å². The second-order valence-corrected chi connectivity index (χ2v) is 7.75. The Hall–Kier alpha value is -3.32. The largest absolute Gasteiger partial charge is 0.497 e. The van der Waals surface area contributed by atoms with Gasteiger partial charge in [-0.15, -0.1) is 0 Å². The molecule has 0 atom stereocenters. The summed E-state index contributed by atoms with van der Waals surface area (Å²) in [5, 5.41) is 0.695. The molecule has 2 heterocycles. The van der Waals surface area contributed by atoms with Crippen molar-refractivity contribution in [1.82, 2.24) is 14.5 Å². The van der Waals surface area contributed by atoms with Gasteiger partial charge in [-0.05, 0) is 42.5 Å². The number of anilines is 1. The van der Waals surface area contributed by atoms with E-state index in [0.29, 0.717) is 23.8 Å². The van der Waals surface area contributed by atoms with Crippen LogP contribution in [0.4, 0.5) is 5.69 Å². The van der Waals surface area contributed by atoms with E-state index in [-0.39, 0.29) is 18.0 Å². The highest BCUT2D eigenvalue weighted by Crippen LogP contribution is 2.21. The Labute approximate surface area is 185 Å². The van der Waals surface area contributed by atoms with Gasteiger partial charge in [-0.25, -0.2) is 4.98 Å². The van der Waals surface area contributed by atoms with Gasteiger partial charge in [0.15, 0.2) is 0 Å². The van der Waals surface area contributed by atoms with Crippen LogP contribution in [0.15, 0.2) is 65.7 Å². The van der Waals surface area contributed by atoms with Crippen LogP contribution in [0.1, 0.15) is 0 Å². The van der Waals surface area contributed by atoms with E-state index in [2.05, 4.69) is 9.88 Å². The van der Waals surface area contributed by atoms with Gasteiger partial charge in [0.2, 0.25) is 5.91 Å². The highest BCUT2D eigenvalue weighted by atomic mass is 35.5. The minimum atomic E-state index is -0.258. The molecule has 1 saturated heterocycles. The van der Waals surface area contributed by atoms with Crippen LogP contribution in [0.2, 0.25) is 5.02 Å². The van der Waals surface area contributed by atoms with E-state index in [1.807, 2.05) is 48.5 Å². The van der Waals surface area contributed by atoms with Crippen molar-refractivity contribution in [3.63, 3.8) is 0 Å². The second kappa shape index (κ2) is 9.22. The molecule has 1 aliphatic heterocycles. The third-order valence-corrected chi connectivity index (χ3v) is 5.61. The van der Waals surface area contributed by atoms with Crippen LogP contribution in [-0.4, -0.2) is 53.6 Å². The van der Waals surface area contributed by atoms with Crippen LogP contribution >= 0.6 is 11.6 Å². The zero-order chi connectivity index (χ0) is 21.8. The maximum absolute atomic E-state index is 12.7. The van der Waals surface area contributed by atoms with Crippen LogP contribution in [0.25, 0.3) is 11.3 Å². The van der Waals surface area contributed by atoms with Gasteiger partial charge >= 0.3 is 0 Å². The maximum Gasteiger partial charge on any atom is 0.254 e. The summed E-state index contributed by atoms with van der Waals surface area (Å²) in [4.78, 5) is 33.6. The van der Waals surface area contributed by atoms with E-state index >= 15 is 0 Å². The van der Waals surface area contributed by atoms with Gasteiger partial charge in [0.1, 0.15) is 12.3 Å². The summed E-state index contributed by atoms with van der Waals surface area (Å²) >= 11 is 6.08. The van der Waals surface area contributed by atoms with Crippen LogP contribution in [0.3, 0.4) is 0 Å². The molecule has 7 nitrogen and oxygen atoms in total. The Morgan fingerprint density at radius 1 is 1.06 bits per heavy atom. The van der Waals surface area contributed by atoms with Crippen LogP contribution in [0.5, 0.6) is 5.75 Å². The van der Waals surface area contributed by atoms with Crippen LogP contribution < -0.4 is 15.2 Å². The van der Waals surface area contributed by atoms with E-state index in [1.54, 1.807) is 12.0 Å². The van der Waals surface area contributed by atoms with Crippen molar-refractivity contribution in [1.29, 1.82) is 0 Å². The molecule has 3 aromatic rings. The Balaban J connectivity index is 1.38. The highest BCUT2D eigenvalue weighted by Gasteiger charge is 2.22. The number of amides is 1. The Morgan fingerprint density at radius 3 is 2.45 bits per heavy atom. The number of nitrogens with zero attached hydrogens (tertiary/aromatic N) is 4. The summed E-state index contributed by atoms with van der Waals surface area (Å²) in [6, 6.07) is 16.5. The van der Waals surface area contributed by atoms with Crippen molar-refractivity contribution in [2.24, 2.45) is 0 Å². The predicted octanol–water partition coefficient (Wildman–Crippen LogP) is 2.92. The normalized spacial score (nSPS) is 13.9. The topological polar surface area (TPSA) is 67.7 Å². The lowest BCUT2D eigenvalue weighted by Crippen LogP contribution is -2.50. The third kappa shape index (κ3) is 4.88. The summed E-state index contributed by atoms with van der Waals surface area (Å²) in [6.45, 7) is 2.60. The SMILES string of the molecule is COc1ccc(-c2cc(=O)n(CC(=O)N3CCN(c4cccc(Cl)c4)CC3)cn2)cc1. The summed E-state index contributed by atoms with van der Waals surface area (Å²) in [7, 11) is 1.60. The summed E-state index contributed by atoms with van der Waals surface area (Å²) in [5.41, 5.74) is 2.17. The van der Waals surface area contributed by atoms with Gasteiger partial charge in [0.05, 0.1) is 19.1 Å². The first-order valence-electron chi connectivity index (χ1n) is 10.0. The molecule has 1 aromatic heterocycles. The van der Waals surface area contributed by atoms with E-state index in [0.717, 1.165) is 30.1 Å². The lowest BCUT2D eigenvalue weighted by molar-refractivity contribution is -0.132. The maximum atomic E-state index is 12.7. The van der Waals surface area contributed by atoms with E-state index in [1.165, 1.54) is 17.0 Å². The van der Waals surface area contributed by atoms with Gasteiger partial charge in [0.25, 0.3) is 5.56 Å². The number of ether oxygens (including phenoxy) is 1. The molecule has 0 aliphatic carbocycles. The zero-order valence-electron chi connectivity index (χ0n) is 17.2. The van der Waals surface area contributed by atoms with Gasteiger partial charge in [-0.1, -0.05) is 17.7 Å². The molecule has 4 rings (SSSR count).